The molecule has 1 N–H and O–H groups in total. The van der Waals surface area contributed by atoms with Gasteiger partial charge in [0.05, 0.1) is 23.0 Å². The highest BCUT2D eigenvalue weighted by molar-refractivity contribution is 7.91. The van der Waals surface area contributed by atoms with Gasteiger partial charge in [0.2, 0.25) is 0 Å². The quantitative estimate of drug-likeness (QED) is 0.758. The van der Waals surface area contributed by atoms with Crippen LogP contribution in [0, 0.1) is 16.7 Å². The smallest absolute Gasteiger partial charge is 0.150 e. The largest absolute Gasteiger partial charge is 0.314 e. The van der Waals surface area contributed by atoms with Crippen LogP contribution in [0.3, 0.4) is 0 Å². The second kappa shape index (κ2) is 5.83. The van der Waals surface area contributed by atoms with Gasteiger partial charge < -0.3 is 5.32 Å². The van der Waals surface area contributed by atoms with E-state index in [1.165, 1.54) is 0 Å². The van der Waals surface area contributed by atoms with Crippen LogP contribution in [0.15, 0.2) is 0 Å². The van der Waals surface area contributed by atoms with E-state index in [0.29, 0.717) is 17.5 Å². The second-order valence-corrected chi connectivity index (χ2v) is 7.78. The molecule has 1 heterocycles. The van der Waals surface area contributed by atoms with E-state index in [4.69, 9.17) is 5.26 Å². The number of hydrogen-bond donors (Lipinski definition) is 1. The molecule has 4 nitrogen and oxygen atoms in total. The van der Waals surface area contributed by atoms with E-state index in [2.05, 4.69) is 11.4 Å². The molecule has 0 saturated carbocycles. The third-order valence-electron chi connectivity index (χ3n) is 3.27. The molecule has 0 unspecified atom stereocenters. The third-order valence-corrected chi connectivity index (χ3v) is 4.98. The van der Waals surface area contributed by atoms with Crippen LogP contribution in [-0.4, -0.2) is 32.5 Å². The Kier molecular flexibility index (Phi) is 4.96. The maximum atomic E-state index is 11.2. The maximum absolute atomic E-state index is 11.2. The summed E-state index contributed by atoms with van der Waals surface area (Å²) < 4.78 is 22.5. The molecule has 1 saturated heterocycles. The lowest BCUT2D eigenvalue weighted by atomic mass is 9.90. The van der Waals surface area contributed by atoms with Crippen LogP contribution in [0.4, 0.5) is 0 Å². The van der Waals surface area contributed by atoms with Gasteiger partial charge in [-0.1, -0.05) is 0 Å². The summed E-state index contributed by atoms with van der Waals surface area (Å²) in [5, 5.41) is 12.2. The highest BCUT2D eigenvalue weighted by Gasteiger charge is 2.23. The molecule has 0 amide bonds. The minimum Gasteiger partial charge on any atom is -0.314 e. The van der Waals surface area contributed by atoms with Crippen LogP contribution in [0.1, 0.15) is 39.5 Å². The summed E-state index contributed by atoms with van der Waals surface area (Å²) in [4.78, 5) is 0. The van der Waals surface area contributed by atoms with Crippen molar-refractivity contribution in [2.45, 2.75) is 45.6 Å². The molecule has 1 fully saturated rings. The van der Waals surface area contributed by atoms with Crippen molar-refractivity contribution in [1.29, 1.82) is 5.26 Å². The Morgan fingerprint density at radius 2 is 1.94 bits per heavy atom. The molecule has 0 bridgehead atoms. The lowest BCUT2D eigenvalue weighted by Gasteiger charge is -2.23. The van der Waals surface area contributed by atoms with Crippen molar-refractivity contribution in [1.82, 2.24) is 5.32 Å². The van der Waals surface area contributed by atoms with Crippen molar-refractivity contribution in [3.63, 3.8) is 0 Å². The Balaban J connectivity index is 2.15. The molecule has 1 aliphatic rings. The van der Waals surface area contributed by atoms with Crippen molar-refractivity contribution >= 4 is 9.84 Å². The van der Waals surface area contributed by atoms with Gasteiger partial charge in [-0.3, -0.25) is 0 Å². The molecule has 0 aromatic rings. The van der Waals surface area contributed by atoms with E-state index < -0.39 is 9.84 Å². The highest BCUT2D eigenvalue weighted by Crippen LogP contribution is 2.20. The number of rotatable bonds is 5. The Bertz CT molecular complexity index is 368. The van der Waals surface area contributed by atoms with Crippen molar-refractivity contribution < 1.29 is 8.42 Å². The number of nitrogens with zero attached hydrogens (tertiary/aromatic N) is 1. The lowest BCUT2D eigenvalue weighted by molar-refractivity contribution is 0.401. The minimum absolute atomic E-state index is 0.252. The zero-order valence-corrected chi connectivity index (χ0v) is 11.5. The topological polar surface area (TPSA) is 70.0 Å². The summed E-state index contributed by atoms with van der Waals surface area (Å²) in [6.07, 6.45) is 3.29. The third kappa shape index (κ3) is 5.51. The van der Waals surface area contributed by atoms with E-state index in [-0.39, 0.29) is 5.41 Å². The average Bonchev–Trinajstić information content (AvgIpc) is 2.26. The summed E-state index contributed by atoms with van der Waals surface area (Å²) in [5.41, 5.74) is -0.252. The second-order valence-electron chi connectivity index (χ2n) is 5.48. The Morgan fingerprint density at radius 1 is 1.35 bits per heavy atom. The van der Waals surface area contributed by atoms with Gasteiger partial charge in [-0.25, -0.2) is 8.42 Å². The van der Waals surface area contributed by atoms with Gasteiger partial charge in [0.1, 0.15) is 9.84 Å². The number of hydrogen-bond acceptors (Lipinski definition) is 4. The zero-order valence-electron chi connectivity index (χ0n) is 10.7. The van der Waals surface area contributed by atoms with Crippen LogP contribution in [-0.2, 0) is 9.84 Å². The highest BCUT2D eigenvalue weighted by atomic mass is 32.2. The molecule has 0 spiro atoms. The average molecular weight is 258 g/mol. The van der Waals surface area contributed by atoms with E-state index in [9.17, 15) is 8.42 Å². The molecule has 0 aromatic carbocycles. The molecule has 1 aliphatic heterocycles. The number of nitriles is 1. The van der Waals surface area contributed by atoms with Crippen molar-refractivity contribution in [2.24, 2.45) is 5.41 Å². The fourth-order valence-corrected chi connectivity index (χ4v) is 3.48. The van der Waals surface area contributed by atoms with Crippen LogP contribution < -0.4 is 5.32 Å². The van der Waals surface area contributed by atoms with Gasteiger partial charge in [0, 0.05) is 6.04 Å². The molecule has 0 aliphatic carbocycles. The number of nitrogens with one attached hydrogen (secondary N) is 1. The molecule has 5 heteroatoms. The molecule has 98 valence electrons. The Labute approximate surface area is 104 Å². The minimum atomic E-state index is -2.76. The van der Waals surface area contributed by atoms with E-state index in [1.54, 1.807) is 0 Å². The molecule has 1 rings (SSSR count). The summed E-state index contributed by atoms with van der Waals surface area (Å²) >= 11 is 0. The maximum Gasteiger partial charge on any atom is 0.150 e. The SMILES string of the molecule is CC(C)(C#N)CCCNC1CCS(=O)(=O)CC1. The summed E-state index contributed by atoms with van der Waals surface area (Å²) in [6, 6.07) is 2.62. The summed E-state index contributed by atoms with van der Waals surface area (Å²) in [7, 11) is -2.76. The number of sulfone groups is 1. The van der Waals surface area contributed by atoms with Gasteiger partial charge in [-0.2, -0.15) is 5.26 Å². The van der Waals surface area contributed by atoms with Crippen LogP contribution in [0.2, 0.25) is 0 Å². The first-order valence-electron chi connectivity index (χ1n) is 6.20. The van der Waals surface area contributed by atoms with E-state index in [1.807, 2.05) is 13.8 Å². The van der Waals surface area contributed by atoms with Gasteiger partial charge in [-0.05, 0) is 46.1 Å². The monoisotopic (exact) mass is 258 g/mol. The predicted octanol–water partition coefficient (Wildman–Crippen LogP) is 1.48. The van der Waals surface area contributed by atoms with Gasteiger partial charge >= 0.3 is 0 Å². The van der Waals surface area contributed by atoms with Gasteiger partial charge in [0.15, 0.2) is 0 Å². The Hall–Kier alpha value is -0.600. The van der Waals surface area contributed by atoms with Gasteiger partial charge in [-0.15, -0.1) is 0 Å². The first kappa shape index (κ1) is 14.5. The van der Waals surface area contributed by atoms with Crippen LogP contribution in [0.25, 0.3) is 0 Å². The van der Waals surface area contributed by atoms with Gasteiger partial charge in [0.25, 0.3) is 0 Å². The standard InChI is InChI=1S/C12H22N2O2S/c1-12(2,10-13)6-3-7-14-11-4-8-17(15,16)9-5-11/h11,14H,3-9H2,1-2H3. The van der Waals surface area contributed by atoms with Crippen molar-refractivity contribution in [2.75, 3.05) is 18.1 Å². The van der Waals surface area contributed by atoms with Crippen molar-refractivity contribution in [3.05, 3.63) is 0 Å². The fraction of sp³-hybridized carbons (Fsp3) is 0.917. The van der Waals surface area contributed by atoms with Crippen molar-refractivity contribution in [3.8, 4) is 6.07 Å². The molecule has 0 radical (unpaired) electrons. The molecular weight excluding hydrogens is 236 g/mol. The summed E-state index contributed by atoms with van der Waals surface area (Å²) in [6.45, 7) is 4.76. The first-order chi connectivity index (χ1) is 7.85. The van der Waals surface area contributed by atoms with E-state index >= 15 is 0 Å². The van der Waals surface area contributed by atoms with Crippen LogP contribution >= 0.6 is 0 Å². The molecule has 17 heavy (non-hydrogen) atoms. The van der Waals surface area contributed by atoms with E-state index in [0.717, 1.165) is 32.2 Å². The summed E-state index contributed by atoms with van der Waals surface area (Å²) in [5.74, 6) is 0.628. The molecule has 0 aromatic heterocycles. The molecular formula is C12H22N2O2S. The Morgan fingerprint density at radius 3 is 2.47 bits per heavy atom. The fourth-order valence-electron chi connectivity index (χ4n) is 1.99. The predicted molar refractivity (Wildman–Crippen MR) is 68.3 cm³/mol. The molecule has 0 atom stereocenters. The zero-order chi connectivity index (χ0) is 12.9. The van der Waals surface area contributed by atoms with Crippen LogP contribution in [0.5, 0.6) is 0 Å². The normalized spacial score (nSPS) is 21.0. The first-order valence-corrected chi connectivity index (χ1v) is 8.02. The lowest BCUT2D eigenvalue weighted by Crippen LogP contribution is -2.38.